The van der Waals surface area contributed by atoms with Gasteiger partial charge in [0.05, 0.1) is 19.4 Å². The number of furan rings is 1. The Morgan fingerprint density at radius 3 is 2.83 bits per heavy atom. The van der Waals surface area contributed by atoms with Crippen molar-refractivity contribution in [1.29, 1.82) is 0 Å². The molecule has 2 aromatic rings. The Morgan fingerprint density at radius 2 is 2.09 bits per heavy atom. The Balaban J connectivity index is 1.98. The predicted octanol–water partition coefficient (Wildman–Crippen LogP) is 2.39. The zero-order valence-electron chi connectivity index (χ0n) is 13.0. The molecule has 0 aliphatic rings. The molecule has 0 saturated heterocycles. The van der Waals surface area contributed by atoms with Crippen molar-refractivity contribution >= 4 is 17.6 Å². The lowest BCUT2D eigenvalue weighted by Gasteiger charge is -2.09. The zero-order valence-corrected chi connectivity index (χ0v) is 13.0. The van der Waals surface area contributed by atoms with Crippen molar-refractivity contribution in [1.82, 2.24) is 0 Å². The summed E-state index contributed by atoms with van der Waals surface area (Å²) >= 11 is 0. The van der Waals surface area contributed by atoms with E-state index in [0.29, 0.717) is 23.8 Å². The average Bonchev–Trinajstić information content (AvgIpc) is 3.03. The van der Waals surface area contributed by atoms with Crippen LogP contribution in [0.2, 0.25) is 0 Å². The van der Waals surface area contributed by atoms with Gasteiger partial charge in [-0.3, -0.25) is 0 Å². The van der Waals surface area contributed by atoms with Gasteiger partial charge in [-0.1, -0.05) is 12.1 Å². The van der Waals surface area contributed by atoms with Crippen LogP contribution in [-0.2, 0) is 11.3 Å². The van der Waals surface area contributed by atoms with Crippen molar-refractivity contribution in [3.05, 3.63) is 47.9 Å². The SMILES string of the molecule is CCOC(=O)c1ccc(CN=C(N)Nc2ccccc2OC)o1. The summed E-state index contributed by atoms with van der Waals surface area (Å²) < 4.78 is 15.4. The van der Waals surface area contributed by atoms with Crippen LogP contribution in [-0.4, -0.2) is 25.6 Å². The van der Waals surface area contributed by atoms with Gasteiger partial charge in [0, 0.05) is 0 Å². The third-order valence-electron chi connectivity index (χ3n) is 2.91. The van der Waals surface area contributed by atoms with Gasteiger partial charge < -0.3 is 24.9 Å². The van der Waals surface area contributed by atoms with E-state index in [1.54, 1.807) is 26.2 Å². The van der Waals surface area contributed by atoms with Gasteiger partial charge in [-0.05, 0) is 31.2 Å². The van der Waals surface area contributed by atoms with Crippen LogP contribution in [0, 0.1) is 0 Å². The van der Waals surface area contributed by atoms with Crippen LogP contribution in [0.1, 0.15) is 23.2 Å². The Kier molecular flexibility index (Phi) is 5.62. The van der Waals surface area contributed by atoms with Crippen LogP contribution in [0.5, 0.6) is 5.75 Å². The molecule has 23 heavy (non-hydrogen) atoms. The number of anilines is 1. The van der Waals surface area contributed by atoms with E-state index in [0.717, 1.165) is 0 Å². The lowest BCUT2D eigenvalue weighted by Crippen LogP contribution is -2.22. The summed E-state index contributed by atoms with van der Waals surface area (Å²) in [5, 5.41) is 2.95. The molecule has 0 aliphatic heterocycles. The molecule has 0 amide bonds. The number of methoxy groups -OCH3 is 1. The molecule has 7 nitrogen and oxygen atoms in total. The first-order valence-corrected chi connectivity index (χ1v) is 7.09. The van der Waals surface area contributed by atoms with E-state index in [2.05, 4.69) is 10.3 Å². The number of carbonyl (C=O) groups excluding carboxylic acids is 1. The number of para-hydroxylation sites is 2. The summed E-state index contributed by atoms with van der Waals surface area (Å²) in [4.78, 5) is 15.7. The van der Waals surface area contributed by atoms with Crippen molar-refractivity contribution in [3.8, 4) is 5.75 Å². The molecule has 122 valence electrons. The number of rotatable bonds is 6. The molecule has 1 heterocycles. The minimum absolute atomic E-state index is 0.147. The summed E-state index contributed by atoms with van der Waals surface area (Å²) in [5.41, 5.74) is 6.55. The highest BCUT2D eigenvalue weighted by Gasteiger charge is 2.11. The number of aliphatic imine (C=N–C) groups is 1. The number of nitrogens with zero attached hydrogens (tertiary/aromatic N) is 1. The molecule has 0 atom stereocenters. The van der Waals surface area contributed by atoms with Crippen LogP contribution in [0.3, 0.4) is 0 Å². The summed E-state index contributed by atoms with van der Waals surface area (Å²) in [5.74, 6) is 1.03. The van der Waals surface area contributed by atoms with Gasteiger partial charge in [0.2, 0.25) is 5.76 Å². The minimum Gasteiger partial charge on any atom is -0.495 e. The third kappa shape index (κ3) is 4.50. The van der Waals surface area contributed by atoms with Crippen molar-refractivity contribution in [2.24, 2.45) is 10.7 Å². The van der Waals surface area contributed by atoms with E-state index in [-0.39, 0.29) is 18.3 Å². The Labute approximate surface area is 134 Å². The molecular weight excluding hydrogens is 298 g/mol. The Hall–Kier alpha value is -2.96. The molecule has 0 spiro atoms. The fourth-order valence-electron chi connectivity index (χ4n) is 1.86. The van der Waals surface area contributed by atoms with E-state index in [9.17, 15) is 4.79 Å². The second kappa shape index (κ2) is 7.88. The van der Waals surface area contributed by atoms with Gasteiger partial charge in [0.15, 0.2) is 5.96 Å². The maximum absolute atomic E-state index is 11.5. The molecule has 2 rings (SSSR count). The van der Waals surface area contributed by atoms with E-state index < -0.39 is 5.97 Å². The topological polar surface area (TPSA) is 99.1 Å². The first kappa shape index (κ1) is 16.4. The quantitative estimate of drug-likeness (QED) is 0.482. The highest BCUT2D eigenvalue weighted by molar-refractivity contribution is 5.93. The summed E-state index contributed by atoms with van der Waals surface area (Å²) in [6.07, 6.45) is 0. The van der Waals surface area contributed by atoms with Crippen LogP contribution in [0.4, 0.5) is 5.69 Å². The first-order chi connectivity index (χ1) is 11.1. The standard InChI is InChI=1S/C16H19N3O4/c1-3-22-15(20)14-9-8-11(23-14)10-18-16(17)19-12-6-4-5-7-13(12)21-2/h4-9H,3,10H2,1-2H3,(H3,17,18,19). The van der Waals surface area contributed by atoms with Crippen molar-refractivity contribution in [2.45, 2.75) is 13.5 Å². The number of nitrogens with one attached hydrogen (secondary N) is 1. The van der Waals surface area contributed by atoms with E-state index in [1.807, 2.05) is 24.3 Å². The van der Waals surface area contributed by atoms with Crippen molar-refractivity contribution in [3.63, 3.8) is 0 Å². The number of esters is 1. The molecule has 0 unspecified atom stereocenters. The first-order valence-electron chi connectivity index (χ1n) is 7.09. The summed E-state index contributed by atoms with van der Waals surface area (Å²) in [6, 6.07) is 10.6. The number of nitrogens with two attached hydrogens (primary N) is 1. The maximum atomic E-state index is 11.5. The van der Waals surface area contributed by atoms with Gasteiger partial charge in [-0.15, -0.1) is 0 Å². The largest absolute Gasteiger partial charge is 0.495 e. The molecule has 0 radical (unpaired) electrons. The fraction of sp³-hybridized carbons (Fsp3) is 0.250. The highest BCUT2D eigenvalue weighted by Crippen LogP contribution is 2.22. The second-order valence-electron chi connectivity index (χ2n) is 4.51. The lowest BCUT2D eigenvalue weighted by atomic mass is 10.3. The summed E-state index contributed by atoms with van der Waals surface area (Å²) in [7, 11) is 1.58. The number of carbonyl (C=O) groups is 1. The van der Waals surface area contributed by atoms with Gasteiger partial charge in [0.25, 0.3) is 0 Å². The Bertz CT molecular complexity index is 694. The van der Waals surface area contributed by atoms with Crippen LogP contribution in [0.15, 0.2) is 45.8 Å². The predicted molar refractivity (Wildman–Crippen MR) is 86.6 cm³/mol. The molecular formula is C16H19N3O4. The van der Waals surface area contributed by atoms with Crippen LogP contribution >= 0.6 is 0 Å². The van der Waals surface area contributed by atoms with Crippen molar-refractivity contribution < 1.29 is 18.7 Å². The molecule has 1 aromatic carbocycles. The van der Waals surface area contributed by atoms with Crippen LogP contribution in [0.25, 0.3) is 0 Å². The van der Waals surface area contributed by atoms with Gasteiger partial charge >= 0.3 is 5.97 Å². The molecule has 1 aromatic heterocycles. The average molecular weight is 317 g/mol. The maximum Gasteiger partial charge on any atom is 0.374 e. The summed E-state index contributed by atoms with van der Waals surface area (Å²) in [6.45, 7) is 2.23. The molecule has 3 N–H and O–H groups in total. The highest BCUT2D eigenvalue weighted by atomic mass is 16.5. The molecule has 0 bridgehead atoms. The number of guanidine groups is 1. The van der Waals surface area contributed by atoms with Crippen LogP contribution < -0.4 is 15.8 Å². The normalized spacial score (nSPS) is 11.1. The molecule has 0 aliphatic carbocycles. The van der Waals surface area contributed by atoms with E-state index >= 15 is 0 Å². The van der Waals surface area contributed by atoms with Gasteiger partial charge in [-0.25, -0.2) is 9.79 Å². The second-order valence-corrected chi connectivity index (χ2v) is 4.51. The zero-order chi connectivity index (χ0) is 16.7. The minimum atomic E-state index is -0.497. The molecule has 0 fully saturated rings. The smallest absolute Gasteiger partial charge is 0.374 e. The third-order valence-corrected chi connectivity index (χ3v) is 2.91. The van der Waals surface area contributed by atoms with Gasteiger partial charge in [-0.2, -0.15) is 0 Å². The number of hydrogen-bond acceptors (Lipinski definition) is 5. The van der Waals surface area contributed by atoms with E-state index in [1.165, 1.54) is 0 Å². The number of ether oxygens (including phenoxy) is 2. The van der Waals surface area contributed by atoms with E-state index in [4.69, 9.17) is 19.6 Å². The monoisotopic (exact) mass is 317 g/mol. The van der Waals surface area contributed by atoms with Crippen molar-refractivity contribution in [2.75, 3.05) is 19.0 Å². The number of benzene rings is 1. The lowest BCUT2D eigenvalue weighted by molar-refractivity contribution is 0.0488. The van der Waals surface area contributed by atoms with Gasteiger partial charge in [0.1, 0.15) is 18.1 Å². The Morgan fingerprint density at radius 1 is 1.30 bits per heavy atom. The number of hydrogen-bond donors (Lipinski definition) is 2. The molecule has 0 saturated carbocycles. The fourth-order valence-corrected chi connectivity index (χ4v) is 1.86. The molecule has 7 heteroatoms.